The average Bonchev–Trinajstić information content (AvgIpc) is 3.46. The van der Waals surface area contributed by atoms with Crippen LogP contribution in [-0.4, -0.2) is 21.9 Å². The fraction of sp³-hybridized carbons (Fsp3) is 0.211. The van der Waals surface area contributed by atoms with Crippen molar-refractivity contribution < 1.29 is 4.79 Å². The molecule has 6 nitrogen and oxygen atoms in total. The van der Waals surface area contributed by atoms with Crippen LogP contribution in [0.3, 0.4) is 0 Å². The van der Waals surface area contributed by atoms with Gasteiger partial charge in [-0.2, -0.15) is 0 Å². The highest BCUT2D eigenvalue weighted by atomic mass is 35.5. The Kier molecular flexibility index (Phi) is 4.44. The number of nitrogens with one attached hydrogen (secondary N) is 3. The molecule has 1 atom stereocenters. The monoisotopic (exact) mass is 368 g/mol. The molecule has 1 saturated carbocycles. The number of carbonyl (C=O) groups is 1. The van der Waals surface area contributed by atoms with E-state index in [0.717, 1.165) is 18.4 Å². The number of benzene rings is 2. The van der Waals surface area contributed by atoms with Crippen LogP contribution >= 0.6 is 11.6 Å². The van der Waals surface area contributed by atoms with E-state index in [9.17, 15) is 9.59 Å². The summed E-state index contributed by atoms with van der Waals surface area (Å²) < 4.78 is 0. The number of nitrogens with zero attached hydrogens (tertiary/aromatic N) is 1. The van der Waals surface area contributed by atoms with Crippen LogP contribution in [0, 0.1) is 0 Å². The van der Waals surface area contributed by atoms with Crippen molar-refractivity contribution in [2.75, 3.05) is 5.32 Å². The standard InChI is InChI=1S/C19H17ClN4O2/c20-14-8-13-15(21-10-22-18(13)25)9-16(14)24-19(26)17(23-12-6-7-12)11-4-2-1-3-5-11/h1-5,8-10,12,17,23H,6-7H2,(H,24,26)(H,21,22,25). The van der Waals surface area contributed by atoms with E-state index < -0.39 is 6.04 Å². The molecule has 1 aliphatic rings. The van der Waals surface area contributed by atoms with E-state index in [2.05, 4.69) is 20.6 Å². The van der Waals surface area contributed by atoms with Gasteiger partial charge in [0, 0.05) is 6.04 Å². The summed E-state index contributed by atoms with van der Waals surface area (Å²) in [6.07, 6.45) is 3.46. The summed E-state index contributed by atoms with van der Waals surface area (Å²) in [6, 6.07) is 12.6. The van der Waals surface area contributed by atoms with Gasteiger partial charge in [0.2, 0.25) is 5.91 Å². The van der Waals surface area contributed by atoms with E-state index in [4.69, 9.17) is 11.6 Å². The Morgan fingerprint density at radius 3 is 2.73 bits per heavy atom. The van der Waals surface area contributed by atoms with Crippen molar-refractivity contribution in [2.45, 2.75) is 24.9 Å². The molecule has 0 spiro atoms. The third-order valence-electron chi connectivity index (χ3n) is 4.36. The van der Waals surface area contributed by atoms with Gasteiger partial charge in [-0.3, -0.25) is 14.9 Å². The quantitative estimate of drug-likeness (QED) is 0.646. The van der Waals surface area contributed by atoms with Crippen molar-refractivity contribution in [3.8, 4) is 0 Å². The SMILES string of the molecule is O=C(Nc1cc2nc[nH]c(=O)c2cc1Cl)C(NC1CC1)c1ccccc1. The van der Waals surface area contributed by atoms with Crippen molar-refractivity contribution in [1.29, 1.82) is 0 Å². The van der Waals surface area contributed by atoms with Gasteiger partial charge in [-0.1, -0.05) is 41.9 Å². The van der Waals surface area contributed by atoms with Gasteiger partial charge in [0.25, 0.3) is 5.56 Å². The molecule has 1 aromatic heterocycles. The zero-order chi connectivity index (χ0) is 18.1. The van der Waals surface area contributed by atoms with E-state index in [1.807, 2.05) is 30.3 Å². The molecule has 26 heavy (non-hydrogen) atoms. The van der Waals surface area contributed by atoms with Crippen molar-refractivity contribution in [1.82, 2.24) is 15.3 Å². The maximum absolute atomic E-state index is 12.9. The zero-order valence-electron chi connectivity index (χ0n) is 13.8. The largest absolute Gasteiger partial charge is 0.323 e. The Bertz CT molecular complexity index is 1010. The molecule has 0 bridgehead atoms. The van der Waals surface area contributed by atoms with Crippen LogP contribution in [0.5, 0.6) is 0 Å². The summed E-state index contributed by atoms with van der Waals surface area (Å²) in [7, 11) is 0. The first-order valence-electron chi connectivity index (χ1n) is 8.40. The number of aromatic amines is 1. The summed E-state index contributed by atoms with van der Waals surface area (Å²) in [5.41, 5.74) is 1.52. The predicted molar refractivity (Wildman–Crippen MR) is 101 cm³/mol. The summed E-state index contributed by atoms with van der Waals surface area (Å²) in [5.74, 6) is -0.200. The Morgan fingerprint density at radius 2 is 2.00 bits per heavy atom. The molecular weight excluding hydrogens is 352 g/mol. The molecule has 3 N–H and O–H groups in total. The Balaban J connectivity index is 1.64. The van der Waals surface area contributed by atoms with Crippen molar-refractivity contribution in [2.24, 2.45) is 0 Å². The van der Waals surface area contributed by atoms with Gasteiger partial charge < -0.3 is 10.3 Å². The van der Waals surface area contributed by atoms with E-state index in [0.29, 0.717) is 27.7 Å². The van der Waals surface area contributed by atoms with Crippen LogP contribution in [0.1, 0.15) is 24.4 Å². The first kappa shape index (κ1) is 16.8. The topological polar surface area (TPSA) is 86.9 Å². The average molecular weight is 369 g/mol. The van der Waals surface area contributed by atoms with Crippen LogP contribution in [0.4, 0.5) is 5.69 Å². The van der Waals surface area contributed by atoms with Gasteiger partial charge in [-0.05, 0) is 30.5 Å². The number of carbonyl (C=O) groups excluding carboxylic acids is 1. The second kappa shape index (κ2) is 6.90. The second-order valence-corrected chi connectivity index (χ2v) is 6.76. The van der Waals surface area contributed by atoms with E-state index in [1.54, 1.807) is 6.07 Å². The lowest BCUT2D eigenvalue weighted by Crippen LogP contribution is -2.34. The number of rotatable bonds is 5. The van der Waals surface area contributed by atoms with Gasteiger partial charge in [-0.25, -0.2) is 4.98 Å². The molecule has 1 unspecified atom stereocenters. The van der Waals surface area contributed by atoms with Gasteiger partial charge in [0.15, 0.2) is 0 Å². The van der Waals surface area contributed by atoms with Crippen LogP contribution in [0.2, 0.25) is 5.02 Å². The number of anilines is 1. The van der Waals surface area contributed by atoms with E-state index in [-0.39, 0.29) is 11.5 Å². The Labute approximate surface area is 154 Å². The zero-order valence-corrected chi connectivity index (χ0v) is 14.6. The van der Waals surface area contributed by atoms with Crippen LogP contribution < -0.4 is 16.2 Å². The number of halogens is 1. The lowest BCUT2D eigenvalue weighted by atomic mass is 10.1. The van der Waals surface area contributed by atoms with Gasteiger partial charge in [0.1, 0.15) is 6.04 Å². The first-order valence-corrected chi connectivity index (χ1v) is 8.78. The van der Waals surface area contributed by atoms with Crippen molar-refractivity contribution >= 4 is 34.1 Å². The Morgan fingerprint density at radius 1 is 1.23 bits per heavy atom. The van der Waals surface area contributed by atoms with E-state index in [1.165, 1.54) is 12.4 Å². The molecule has 0 radical (unpaired) electrons. The number of fused-ring (bicyclic) bond motifs is 1. The molecule has 132 valence electrons. The maximum atomic E-state index is 12.9. The molecule has 4 rings (SSSR count). The molecule has 1 heterocycles. The minimum absolute atomic E-state index is 0.200. The molecule has 1 amide bonds. The number of H-pyrrole nitrogens is 1. The Hall–Kier alpha value is -2.70. The van der Waals surface area contributed by atoms with Crippen LogP contribution in [0.15, 0.2) is 53.6 Å². The molecule has 2 aromatic carbocycles. The predicted octanol–water partition coefficient (Wildman–Crippen LogP) is 3.01. The van der Waals surface area contributed by atoms with Crippen LogP contribution in [0.25, 0.3) is 10.9 Å². The third-order valence-corrected chi connectivity index (χ3v) is 4.67. The first-order chi connectivity index (χ1) is 12.6. The fourth-order valence-electron chi connectivity index (χ4n) is 2.84. The highest BCUT2D eigenvalue weighted by Crippen LogP contribution is 2.28. The number of hydrogen-bond donors (Lipinski definition) is 3. The smallest absolute Gasteiger partial charge is 0.258 e. The molecule has 7 heteroatoms. The molecule has 0 saturated heterocycles. The minimum Gasteiger partial charge on any atom is -0.323 e. The van der Waals surface area contributed by atoms with E-state index >= 15 is 0 Å². The summed E-state index contributed by atoms with van der Waals surface area (Å²) in [6.45, 7) is 0. The molecule has 1 fully saturated rings. The number of amides is 1. The van der Waals surface area contributed by atoms with Crippen LogP contribution in [-0.2, 0) is 4.79 Å². The fourth-order valence-corrected chi connectivity index (χ4v) is 3.05. The highest BCUT2D eigenvalue weighted by molar-refractivity contribution is 6.34. The van der Waals surface area contributed by atoms with Gasteiger partial charge >= 0.3 is 0 Å². The lowest BCUT2D eigenvalue weighted by molar-refractivity contribution is -0.118. The number of aromatic nitrogens is 2. The number of hydrogen-bond acceptors (Lipinski definition) is 4. The van der Waals surface area contributed by atoms with Crippen molar-refractivity contribution in [3.05, 3.63) is 69.7 Å². The summed E-state index contributed by atoms with van der Waals surface area (Å²) >= 11 is 6.27. The normalized spacial score (nSPS) is 15.0. The molecule has 1 aliphatic carbocycles. The summed E-state index contributed by atoms with van der Waals surface area (Å²) in [5, 5.41) is 6.91. The molecular formula is C19H17ClN4O2. The molecule has 0 aliphatic heterocycles. The second-order valence-electron chi connectivity index (χ2n) is 6.35. The highest BCUT2D eigenvalue weighted by Gasteiger charge is 2.29. The van der Waals surface area contributed by atoms with Gasteiger partial charge in [0.05, 0.1) is 27.9 Å². The minimum atomic E-state index is -0.470. The van der Waals surface area contributed by atoms with Crippen molar-refractivity contribution in [3.63, 3.8) is 0 Å². The third kappa shape index (κ3) is 3.47. The lowest BCUT2D eigenvalue weighted by Gasteiger charge is -2.19. The summed E-state index contributed by atoms with van der Waals surface area (Å²) in [4.78, 5) is 31.4. The van der Waals surface area contributed by atoms with Gasteiger partial charge in [-0.15, -0.1) is 0 Å². The molecule has 3 aromatic rings. The maximum Gasteiger partial charge on any atom is 0.258 e.